The Kier molecular flexibility index (Phi) is 9.18. The Morgan fingerprint density at radius 2 is 1.91 bits per heavy atom. The van der Waals surface area contributed by atoms with E-state index in [0.29, 0.717) is 30.3 Å². The van der Waals surface area contributed by atoms with E-state index in [1.54, 1.807) is 14.2 Å². The SMILES string of the molecule is CCCC[C@H](CC)CNC(=O)CCc1ccc(OC)c(OC)c1. The van der Waals surface area contributed by atoms with Crippen molar-refractivity contribution in [1.82, 2.24) is 5.32 Å². The maximum absolute atomic E-state index is 12.0. The average molecular weight is 321 g/mol. The van der Waals surface area contributed by atoms with Gasteiger partial charge < -0.3 is 14.8 Å². The van der Waals surface area contributed by atoms with Gasteiger partial charge in [0.1, 0.15) is 0 Å². The van der Waals surface area contributed by atoms with Crippen LogP contribution in [-0.2, 0) is 11.2 Å². The summed E-state index contributed by atoms with van der Waals surface area (Å²) in [5.74, 6) is 2.13. The van der Waals surface area contributed by atoms with E-state index < -0.39 is 0 Å². The molecule has 4 heteroatoms. The minimum atomic E-state index is 0.120. The summed E-state index contributed by atoms with van der Waals surface area (Å²) in [6.45, 7) is 5.19. The lowest BCUT2D eigenvalue weighted by Gasteiger charge is -2.15. The Hall–Kier alpha value is -1.71. The lowest BCUT2D eigenvalue weighted by molar-refractivity contribution is -0.121. The van der Waals surface area contributed by atoms with Gasteiger partial charge in [-0.15, -0.1) is 0 Å². The van der Waals surface area contributed by atoms with Gasteiger partial charge in [0.2, 0.25) is 5.91 Å². The highest BCUT2D eigenvalue weighted by atomic mass is 16.5. The van der Waals surface area contributed by atoms with Crippen LogP contribution in [-0.4, -0.2) is 26.7 Å². The number of hydrogen-bond acceptors (Lipinski definition) is 3. The first-order valence-electron chi connectivity index (χ1n) is 8.62. The first-order valence-corrected chi connectivity index (χ1v) is 8.62. The first-order chi connectivity index (χ1) is 11.1. The molecule has 1 N–H and O–H groups in total. The Morgan fingerprint density at radius 1 is 1.17 bits per heavy atom. The van der Waals surface area contributed by atoms with Gasteiger partial charge in [0, 0.05) is 13.0 Å². The molecule has 1 amide bonds. The van der Waals surface area contributed by atoms with Crippen molar-refractivity contribution in [2.45, 2.75) is 52.4 Å². The Bertz CT molecular complexity index is 474. The van der Waals surface area contributed by atoms with Gasteiger partial charge in [0.15, 0.2) is 11.5 Å². The number of hydrogen-bond donors (Lipinski definition) is 1. The van der Waals surface area contributed by atoms with Crippen molar-refractivity contribution in [3.8, 4) is 11.5 Å². The number of benzene rings is 1. The maximum Gasteiger partial charge on any atom is 0.220 e. The number of aryl methyl sites for hydroxylation is 1. The van der Waals surface area contributed by atoms with Crippen LogP contribution in [0.1, 0.15) is 51.5 Å². The molecule has 0 fully saturated rings. The summed E-state index contributed by atoms with van der Waals surface area (Å²) >= 11 is 0. The second kappa shape index (κ2) is 10.9. The molecule has 0 aromatic heterocycles. The molecule has 4 nitrogen and oxygen atoms in total. The second-order valence-corrected chi connectivity index (χ2v) is 5.91. The molecule has 0 spiro atoms. The number of ether oxygens (including phenoxy) is 2. The van der Waals surface area contributed by atoms with Crippen LogP contribution in [0.4, 0.5) is 0 Å². The van der Waals surface area contributed by atoms with E-state index >= 15 is 0 Å². The summed E-state index contributed by atoms with van der Waals surface area (Å²) in [6.07, 6.45) is 5.97. The molecule has 0 unspecified atom stereocenters. The maximum atomic E-state index is 12.0. The zero-order valence-corrected chi connectivity index (χ0v) is 15.0. The van der Waals surface area contributed by atoms with Gasteiger partial charge in [-0.3, -0.25) is 4.79 Å². The third-order valence-corrected chi connectivity index (χ3v) is 4.22. The Labute approximate surface area is 140 Å². The quantitative estimate of drug-likeness (QED) is 0.671. The normalized spacial score (nSPS) is 11.8. The van der Waals surface area contributed by atoms with E-state index in [9.17, 15) is 4.79 Å². The van der Waals surface area contributed by atoms with Crippen molar-refractivity contribution >= 4 is 5.91 Å². The van der Waals surface area contributed by atoms with Gasteiger partial charge in [-0.2, -0.15) is 0 Å². The van der Waals surface area contributed by atoms with Crippen LogP contribution < -0.4 is 14.8 Å². The lowest BCUT2D eigenvalue weighted by atomic mass is 9.99. The number of carbonyl (C=O) groups excluding carboxylic acids is 1. The van der Waals surface area contributed by atoms with Gasteiger partial charge in [-0.05, 0) is 36.5 Å². The van der Waals surface area contributed by atoms with E-state index in [1.165, 1.54) is 19.3 Å². The molecule has 0 heterocycles. The Morgan fingerprint density at radius 3 is 2.52 bits per heavy atom. The molecule has 0 aliphatic heterocycles. The Balaban J connectivity index is 2.41. The van der Waals surface area contributed by atoms with Gasteiger partial charge in [-0.1, -0.05) is 39.2 Å². The molecular weight excluding hydrogens is 290 g/mol. The van der Waals surface area contributed by atoms with E-state index in [1.807, 2.05) is 18.2 Å². The summed E-state index contributed by atoms with van der Waals surface area (Å²) in [7, 11) is 3.24. The van der Waals surface area contributed by atoms with Crippen molar-refractivity contribution < 1.29 is 14.3 Å². The summed E-state index contributed by atoms with van der Waals surface area (Å²) in [4.78, 5) is 12.0. The molecule has 0 radical (unpaired) electrons. The largest absolute Gasteiger partial charge is 0.493 e. The molecule has 23 heavy (non-hydrogen) atoms. The van der Waals surface area contributed by atoms with Crippen LogP contribution in [0.3, 0.4) is 0 Å². The predicted octanol–water partition coefficient (Wildman–Crippen LogP) is 3.97. The summed E-state index contributed by atoms with van der Waals surface area (Å²) in [6, 6.07) is 5.79. The summed E-state index contributed by atoms with van der Waals surface area (Å²) < 4.78 is 10.5. The van der Waals surface area contributed by atoms with Gasteiger partial charge >= 0.3 is 0 Å². The van der Waals surface area contributed by atoms with E-state index in [0.717, 1.165) is 18.5 Å². The average Bonchev–Trinajstić information content (AvgIpc) is 2.59. The minimum Gasteiger partial charge on any atom is -0.493 e. The zero-order valence-electron chi connectivity index (χ0n) is 15.0. The van der Waals surface area contributed by atoms with Gasteiger partial charge in [0.25, 0.3) is 0 Å². The second-order valence-electron chi connectivity index (χ2n) is 5.91. The van der Waals surface area contributed by atoms with Crippen LogP contribution in [0.5, 0.6) is 11.5 Å². The van der Waals surface area contributed by atoms with Crippen molar-refractivity contribution in [1.29, 1.82) is 0 Å². The zero-order chi connectivity index (χ0) is 17.1. The standard InChI is InChI=1S/C19H31NO3/c1-5-7-8-15(6-2)14-20-19(21)12-10-16-9-11-17(22-3)18(13-16)23-4/h9,11,13,15H,5-8,10,12,14H2,1-4H3,(H,20,21)/t15-/m0/s1. The third kappa shape index (κ3) is 6.93. The summed E-state index contributed by atoms with van der Waals surface area (Å²) in [5.41, 5.74) is 1.08. The van der Waals surface area contributed by atoms with Crippen molar-refractivity contribution in [3.05, 3.63) is 23.8 Å². The number of carbonyl (C=O) groups is 1. The number of methoxy groups -OCH3 is 2. The third-order valence-electron chi connectivity index (χ3n) is 4.22. The smallest absolute Gasteiger partial charge is 0.220 e. The fraction of sp³-hybridized carbons (Fsp3) is 0.632. The number of amides is 1. The summed E-state index contributed by atoms with van der Waals surface area (Å²) in [5, 5.41) is 3.07. The fourth-order valence-corrected chi connectivity index (χ4v) is 2.58. The first kappa shape index (κ1) is 19.3. The molecule has 1 rings (SSSR count). The molecule has 0 aliphatic rings. The topological polar surface area (TPSA) is 47.6 Å². The highest BCUT2D eigenvalue weighted by Crippen LogP contribution is 2.27. The van der Waals surface area contributed by atoms with Crippen LogP contribution in [0, 0.1) is 5.92 Å². The van der Waals surface area contributed by atoms with Crippen molar-refractivity contribution in [3.63, 3.8) is 0 Å². The number of unbranched alkanes of at least 4 members (excludes halogenated alkanes) is 1. The van der Waals surface area contributed by atoms with Crippen LogP contribution in [0.2, 0.25) is 0 Å². The molecular formula is C19H31NO3. The van der Waals surface area contributed by atoms with Crippen molar-refractivity contribution in [2.24, 2.45) is 5.92 Å². The molecule has 0 bridgehead atoms. The molecule has 1 aromatic carbocycles. The minimum absolute atomic E-state index is 0.120. The van der Waals surface area contributed by atoms with Crippen LogP contribution >= 0.6 is 0 Å². The van der Waals surface area contributed by atoms with Crippen molar-refractivity contribution in [2.75, 3.05) is 20.8 Å². The number of rotatable bonds is 11. The fourth-order valence-electron chi connectivity index (χ4n) is 2.58. The molecule has 130 valence electrons. The van der Waals surface area contributed by atoms with E-state index in [-0.39, 0.29) is 5.91 Å². The van der Waals surface area contributed by atoms with Gasteiger partial charge in [0.05, 0.1) is 14.2 Å². The highest BCUT2D eigenvalue weighted by Gasteiger charge is 2.09. The van der Waals surface area contributed by atoms with Gasteiger partial charge in [-0.25, -0.2) is 0 Å². The predicted molar refractivity (Wildman–Crippen MR) is 94.2 cm³/mol. The highest BCUT2D eigenvalue weighted by molar-refractivity contribution is 5.76. The van der Waals surface area contributed by atoms with E-state index in [2.05, 4.69) is 19.2 Å². The van der Waals surface area contributed by atoms with Crippen LogP contribution in [0.25, 0.3) is 0 Å². The van der Waals surface area contributed by atoms with Crippen LogP contribution in [0.15, 0.2) is 18.2 Å². The molecule has 1 atom stereocenters. The molecule has 1 aromatic rings. The number of nitrogens with one attached hydrogen (secondary N) is 1. The molecule has 0 saturated heterocycles. The lowest BCUT2D eigenvalue weighted by Crippen LogP contribution is -2.29. The van der Waals surface area contributed by atoms with E-state index in [4.69, 9.17) is 9.47 Å². The molecule has 0 aliphatic carbocycles. The monoisotopic (exact) mass is 321 g/mol. The molecule has 0 saturated carbocycles.